The lowest BCUT2D eigenvalue weighted by molar-refractivity contribution is -0.143. The van der Waals surface area contributed by atoms with Crippen molar-refractivity contribution in [3.05, 3.63) is 0 Å². The van der Waals surface area contributed by atoms with Gasteiger partial charge in [0, 0.05) is 19.4 Å². The van der Waals surface area contributed by atoms with Crippen molar-refractivity contribution < 1.29 is 53.4 Å². The number of aliphatic carboxylic acids is 1. The summed E-state index contributed by atoms with van der Waals surface area (Å²) in [7, 11) is 0. The first-order valence-electron chi connectivity index (χ1n) is 18.5. The van der Waals surface area contributed by atoms with Gasteiger partial charge >= 0.3 is 5.97 Å². The predicted molar refractivity (Wildman–Crippen MR) is 206 cm³/mol. The van der Waals surface area contributed by atoms with E-state index in [0.29, 0.717) is 6.42 Å². The largest absolute Gasteiger partial charge is 0.480 e. The maximum atomic E-state index is 13.7. The number of aliphatic hydroxyl groups is 1. The summed E-state index contributed by atoms with van der Waals surface area (Å²) in [6.45, 7) is 7.65. The fourth-order valence-electron chi connectivity index (χ4n) is 5.16. The van der Waals surface area contributed by atoms with Gasteiger partial charge in [0.1, 0.15) is 36.3 Å². The summed E-state index contributed by atoms with van der Waals surface area (Å²) in [5.41, 5.74) is 27.0. The summed E-state index contributed by atoms with van der Waals surface area (Å²) < 4.78 is 0. The van der Waals surface area contributed by atoms with Crippen molar-refractivity contribution in [1.29, 1.82) is 0 Å². The Morgan fingerprint density at radius 3 is 1.42 bits per heavy atom. The Kier molecular flexibility index (Phi) is 23.7. The van der Waals surface area contributed by atoms with Crippen molar-refractivity contribution in [3.8, 4) is 0 Å². The molecule has 0 rings (SSSR count). The molecule has 0 aromatic rings. The van der Waals surface area contributed by atoms with Gasteiger partial charge in [-0.1, -0.05) is 27.7 Å². The lowest BCUT2D eigenvalue weighted by Crippen LogP contribution is -2.60. The fourth-order valence-corrected chi connectivity index (χ4v) is 5.16. The first-order chi connectivity index (χ1) is 26.5. The molecule has 324 valence electrons. The molecular weight excluding hydrogens is 752 g/mol. The molecule has 0 aromatic heterocycles. The number of carboxylic acid groups (broad SMARTS) is 1. The van der Waals surface area contributed by atoms with Crippen molar-refractivity contribution in [2.45, 2.75) is 128 Å². The number of carboxylic acids is 1. The second-order valence-electron chi connectivity index (χ2n) is 14.4. The first-order valence-corrected chi connectivity index (χ1v) is 18.5. The summed E-state index contributed by atoms with van der Waals surface area (Å²) in [5, 5.41) is 33.9. The molecule has 0 saturated heterocycles. The monoisotopic (exact) mass is 814 g/mol. The van der Waals surface area contributed by atoms with Crippen LogP contribution in [-0.4, -0.2) is 125 Å². The highest BCUT2D eigenvalue weighted by Crippen LogP contribution is 2.10. The maximum absolute atomic E-state index is 13.7. The van der Waals surface area contributed by atoms with E-state index >= 15 is 0 Å². The normalized spacial score (nSPS) is 14.7. The smallest absolute Gasteiger partial charge is 0.326 e. The van der Waals surface area contributed by atoms with E-state index in [1.807, 2.05) is 13.8 Å². The van der Waals surface area contributed by atoms with Crippen molar-refractivity contribution in [3.63, 3.8) is 0 Å². The van der Waals surface area contributed by atoms with Gasteiger partial charge in [-0.2, -0.15) is 0 Å². The highest BCUT2D eigenvalue weighted by atomic mass is 16.4. The molecule has 0 fully saturated rings. The molecule has 0 aliphatic rings. The van der Waals surface area contributed by atoms with Crippen LogP contribution in [0.3, 0.4) is 0 Å². The van der Waals surface area contributed by atoms with Gasteiger partial charge < -0.3 is 70.8 Å². The van der Waals surface area contributed by atoms with E-state index in [2.05, 4.69) is 36.9 Å². The Morgan fingerprint density at radius 2 is 0.965 bits per heavy atom. The van der Waals surface area contributed by atoms with Crippen molar-refractivity contribution >= 4 is 59.2 Å². The van der Waals surface area contributed by atoms with Gasteiger partial charge in [0.05, 0.1) is 12.6 Å². The maximum Gasteiger partial charge on any atom is 0.326 e. The van der Waals surface area contributed by atoms with E-state index in [1.165, 1.54) is 6.92 Å². The molecule has 0 bridgehead atoms. The molecule has 0 saturated carbocycles. The minimum absolute atomic E-state index is 0.00742. The van der Waals surface area contributed by atoms with Gasteiger partial charge in [0.15, 0.2) is 5.96 Å². The summed E-state index contributed by atoms with van der Waals surface area (Å²) in [6.07, 6.45) is -1.13. The van der Waals surface area contributed by atoms with E-state index < -0.39 is 109 Å². The van der Waals surface area contributed by atoms with Crippen molar-refractivity contribution in [1.82, 2.24) is 31.9 Å². The van der Waals surface area contributed by atoms with Crippen LogP contribution in [0.2, 0.25) is 0 Å². The summed E-state index contributed by atoms with van der Waals surface area (Å²) in [5.74, 6) is -8.79. The zero-order chi connectivity index (χ0) is 44.0. The number of primary amides is 2. The topological polar surface area (TPSA) is 409 Å². The molecule has 7 atom stereocenters. The van der Waals surface area contributed by atoms with Gasteiger partial charge in [-0.25, -0.2) is 4.79 Å². The van der Waals surface area contributed by atoms with Crippen LogP contribution in [0.15, 0.2) is 4.99 Å². The van der Waals surface area contributed by atoms with Gasteiger partial charge in [-0.05, 0) is 57.3 Å². The number of guanidine groups is 1. The van der Waals surface area contributed by atoms with Crippen LogP contribution in [0.5, 0.6) is 0 Å². The van der Waals surface area contributed by atoms with Gasteiger partial charge in [0.25, 0.3) is 0 Å². The quantitative estimate of drug-likeness (QED) is 0.0200. The van der Waals surface area contributed by atoms with E-state index in [0.717, 1.165) is 0 Å². The molecule has 57 heavy (non-hydrogen) atoms. The Bertz CT molecular complexity index is 1440. The van der Waals surface area contributed by atoms with Crippen LogP contribution in [0.1, 0.15) is 86.0 Å². The number of hydrogen-bond donors (Lipinski definition) is 13. The first kappa shape index (κ1) is 51.4. The molecule has 0 aromatic carbocycles. The highest BCUT2D eigenvalue weighted by molar-refractivity contribution is 5.97. The third-order valence-electron chi connectivity index (χ3n) is 8.15. The lowest BCUT2D eigenvalue weighted by atomic mass is 10.0. The molecule has 23 nitrogen and oxygen atoms in total. The molecule has 0 spiro atoms. The van der Waals surface area contributed by atoms with E-state index in [4.69, 9.17) is 28.7 Å². The number of carbonyl (C=O) groups is 9. The number of nitrogens with two attached hydrogens (primary N) is 5. The van der Waals surface area contributed by atoms with Gasteiger partial charge in [-0.3, -0.25) is 43.3 Å². The van der Waals surface area contributed by atoms with Crippen LogP contribution in [0, 0.1) is 11.8 Å². The fraction of sp³-hybridized carbons (Fsp3) is 0.706. The second kappa shape index (κ2) is 26.3. The SMILES string of the molecule is CC(C)C[C@H](NC(=O)[C@H](CCCN=C(N)N)NC(=O)[C@H](CO)NC(=O)[C@H](C)NC(=O)[C@@H](N)CC(C)C)C(=O)N[C@@H](CCC(N)=O)C(=O)N[C@@H](CCC(N)=O)C(=O)O. The second-order valence-corrected chi connectivity index (χ2v) is 14.4. The average Bonchev–Trinajstić information content (AvgIpc) is 3.10. The third-order valence-corrected chi connectivity index (χ3v) is 8.15. The molecule has 8 amide bonds. The molecule has 0 aliphatic heterocycles. The van der Waals surface area contributed by atoms with Crippen LogP contribution in [0.4, 0.5) is 0 Å². The minimum atomic E-state index is -1.59. The van der Waals surface area contributed by atoms with E-state index in [9.17, 15) is 53.4 Å². The molecule has 23 heteroatoms. The molecule has 0 aliphatic carbocycles. The average molecular weight is 815 g/mol. The Labute approximate surface area is 331 Å². The number of nitrogens with one attached hydrogen (secondary N) is 6. The van der Waals surface area contributed by atoms with Gasteiger partial charge in [-0.15, -0.1) is 0 Å². The van der Waals surface area contributed by atoms with Crippen molar-refractivity contribution in [2.24, 2.45) is 45.5 Å². The zero-order valence-electron chi connectivity index (χ0n) is 33.2. The Morgan fingerprint density at radius 1 is 0.544 bits per heavy atom. The summed E-state index contributed by atoms with van der Waals surface area (Å²) in [4.78, 5) is 118. The summed E-state index contributed by atoms with van der Waals surface area (Å²) in [6, 6.07) is -9.50. The number of amides is 8. The molecule has 0 radical (unpaired) electrons. The number of rotatable bonds is 28. The van der Waals surface area contributed by atoms with Crippen LogP contribution >= 0.6 is 0 Å². The van der Waals surface area contributed by atoms with E-state index in [-0.39, 0.29) is 62.9 Å². The number of hydrogen-bond acceptors (Lipinski definition) is 12. The number of nitrogens with zero attached hydrogens (tertiary/aromatic N) is 1. The molecule has 0 heterocycles. The number of carbonyl (C=O) groups excluding carboxylic acids is 8. The molecular formula is C34H62N12O11. The zero-order valence-corrected chi connectivity index (χ0v) is 33.2. The van der Waals surface area contributed by atoms with Crippen LogP contribution in [0.25, 0.3) is 0 Å². The minimum Gasteiger partial charge on any atom is -0.480 e. The van der Waals surface area contributed by atoms with Crippen molar-refractivity contribution in [2.75, 3.05) is 13.2 Å². The van der Waals surface area contributed by atoms with Gasteiger partial charge in [0.2, 0.25) is 47.3 Å². The van der Waals surface area contributed by atoms with E-state index in [1.54, 1.807) is 13.8 Å². The van der Waals surface area contributed by atoms with Crippen LogP contribution in [-0.2, 0) is 43.2 Å². The number of aliphatic imine (C=N–C) groups is 1. The third kappa shape index (κ3) is 21.9. The lowest BCUT2D eigenvalue weighted by Gasteiger charge is -2.27. The summed E-state index contributed by atoms with van der Waals surface area (Å²) >= 11 is 0. The Balaban J connectivity index is 6.24. The highest BCUT2D eigenvalue weighted by Gasteiger charge is 2.33. The Hall–Kier alpha value is -5.58. The number of aliphatic hydroxyl groups excluding tert-OH is 1. The molecule has 0 unspecified atom stereocenters. The molecule has 18 N–H and O–H groups in total. The predicted octanol–water partition coefficient (Wildman–Crippen LogP) is -5.00. The van der Waals surface area contributed by atoms with Crippen LogP contribution < -0.4 is 60.6 Å². The standard InChI is InChI=1S/C34H62N12O11/c1-16(2)13-19(35)28(51)41-18(5)27(50)46-24(15-47)32(55)42-20(7-6-12-40-34(38)39)29(52)45-23(14-17(3)4)31(54)43-21(8-10-25(36)48)30(53)44-22(33(56)57)9-11-26(37)49/h16-24,47H,6-15,35H2,1-5H3,(H2,36,48)(H2,37,49)(H,41,51)(H,42,55)(H,43,54)(H,44,53)(H,45,52)(H,46,50)(H,56,57)(H4,38,39,40)/t18-,19-,20-,21-,22-,23-,24-/m0/s1.